The van der Waals surface area contributed by atoms with Gasteiger partial charge in [-0.15, -0.1) is 11.3 Å². The minimum absolute atomic E-state index is 0.266. The van der Waals surface area contributed by atoms with Crippen LogP contribution in [0.4, 0.5) is 0 Å². The van der Waals surface area contributed by atoms with Crippen LogP contribution >= 0.6 is 11.3 Å². The zero-order valence-electron chi connectivity index (χ0n) is 12.7. The van der Waals surface area contributed by atoms with Gasteiger partial charge in [0.05, 0.1) is 12.2 Å². The lowest BCUT2D eigenvalue weighted by molar-refractivity contribution is 0.185. The van der Waals surface area contributed by atoms with Crippen LogP contribution in [0.25, 0.3) is 0 Å². The highest BCUT2D eigenvalue weighted by Crippen LogP contribution is 2.30. The van der Waals surface area contributed by atoms with E-state index in [2.05, 4.69) is 32.6 Å². The van der Waals surface area contributed by atoms with Gasteiger partial charge in [-0.3, -0.25) is 4.90 Å². The molecule has 0 spiro atoms. The van der Waals surface area contributed by atoms with E-state index in [0.29, 0.717) is 0 Å². The molecule has 108 valence electrons. The van der Waals surface area contributed by atoms with Crippen molar-refractivity contribution in [2.24, 2.45) is 11.7 Å². The Morgan fingerprint density at radius 1 is 1.37 bits per heavy atom. The van der Waals surface area contributed by atoms with Crippen LogP contribution in [0, 0.1) is 5.92 Å². The van der Waals surface area contributed by atoms with E-state index in [1.807, 2.05) is 11.3 Å². The molecule has 1 aliphatic heterocycles. The lowest BCUT2D eigenvalue weighted by Crippen LogP contribution is -2.32. The third kappa shape index (κ3) is 3.77. The van der Waals surface area contributed by atoms with Gasteiger partial charge in [0.25, 0.3) is 0 Å². The monoisotopic (exact) mass is 281 g/mol. The van der Waals surface area contributed by atoms with Crippen molar-refractivity contribution in [3.05, 3.63) is 15.6 Å². The van der Waals surface area contributed by atoms with E-state index in [4.69, 9.17) is 10.7 Å². The minimum atomic E-state index is -0.266. The first-order valence-electron chi connectivity index (χ1n) is 7.40. The molecule has 0 unspecified atom stereocenters. The number of hydrogen-bond donors (Lipinski definition) is 1. The van der Waals surface area contributed by atoms with Crippen LogP contribution in [0.5, 0.6) is 0 Å². The van der Waals surface area contributed by atoms with E-state index in [9.17, 15) is 0 Å². The van der Waals surface area contributed by atoms with E-state index >= 15 is 0 Å². The summed E-state index contributed by atoms with van der Waals surface area (Å²) in [6, 6.07) is 0. The summed E-state index contributed by atoms with van der Waals surface area (Å²) in [5, 5.41) is 1.24. The minimum Gasteiger partial charge on any atom is -0.321 e. The van der Waals surface area contributed by atoms with Crippen molar-refractivity contribution in [3.63, 3.8) is 0 Å². The van der Waals surface area contributed by atoms with Crippen LogP contribution < -0.4 is 5.73 Å². The Balaban J connectivity index is 2.07. The third-order valence-corrected chi connectivity index (χ3v) is 5.32. The average molecular weight is 281 g/mol. The fourth-order valence-electron chi connectivity index (χ4n) is 2.62. The molecule has 19 heavy (non-hydrogen) atoms. The lowest BCUT2D eigenvalue weighted by Gasteiger charge is -2.29. The van der Waals surface area contributed by atoms with Crippen molar-refractivity contribution in [1.82, 2.24) is 9.88 Å². The molecule has 1 fully saturated rings. The van der Waals surface area contributed by atoms with E-state index in [0.717, 1.165) is 18.9 Å². The normalized spacial score (nSPS) is 19.0. The van der Waals surface area contributed by atoms with Crippen LogP contribution in [0.2, 0.25) is 0 Å². The maximum Gasteiger partial charge on any atom is 0.107 e. The molecule has 0 atom stereocenters. The highest BCUT2D eigenvalue weighted by Gasteiger charge is 2.24. The Labute approximate surface area is 121 Å². The summed E-state index contributed by atoms with van der Waals surface area (Å²) in [6.45, 7) is 12.1. The predicted octanol–water partition coefficient (Wildman–Crippen LogP) is 3.13. The lowest BCUT2D eigenvalue weighted by atomic mass is 9.99. The molecule has 2 N–H and O–H groups in total. The molecule has 1 saturated heterocycles. The molecule has 0 saturated carbocycles. The van der Waals surface area contributed by atoms with E-state index < -0.39 is 0 Å². The standard InChI is InChI=1S/C15H27N3S/c1-5-12-14(15(3,4)16)19-13(17-12)10-18-8-6-11(2)7-9-18/h11H,5-10,16H2,1-4H3. The summed E-state index contributed by atoms with van der Waals surface area (Å²) in [5.41, 5.74) is 7.18. The van der Waals surface area contributed by atoms with Gasteiger partial charge in [-0.05, 0) is 52.1 Å². The van der Waals surface area contributed by atoms with Gasteiger partial charge in [-0.25, -0.2) is 4.98 Å². The maximum atomic E-state index is 6.25. The van der Waals surface area contributed by atoms with Gasteiger partial charge >= 0.3 is 0 Å². The molecule has 1 aliphatic rings. The smallest absolute Gasteiger partial charge is 0.107 e. The quantitative estimate of drug-likeness (QED) is 0.922. The van der Waals surface area contributed by atoms with Crippen molar-refractivity contribution in [3.8, 4) is 0 Å². The Bertz CT molecular complexity index is 412. The third-order valence-electron chi connectivity index (χ3n) is 3.90. The van der Waals surface area contributed by atoms with E-state index in [-0.39, 0.29) is 5.54 Å². The molecule has 4 heteroatoms. The SMILES string of the molecule is CCc1nc(CN2CCC(C)CC2)sc1C(C)(C)N. The van der Waals surface area contributed by atoms with E-state index in [1.165, 1.54) is 41.5 Å². The Morgan fingerprint density at radius 3 is 2.47 bits per heavy atom. The number of nitrogens with zero attached hydrogens (tertiary/aromatic N) is 2. The Hall–Kier alpha value is -0.450. The van der Waals surface area contributed by atoms with Gasteiger partial charge in [0, 0.05) is 10.4 Å². The van der Waals surface area contributed by atoms with Gasteiger partial charge in [0.1, 0.15) is 5.01 Å². The highest BCUT2D eigenvalue weighted by atomic mass is 32.1. The first kappa shape index (κ1) is 14.9. The van der Waals surface area contributed by atoms with Gasteiger partial charge in [-0.2, -0.15) is 0 Å². The van der Waals surface area contributed by atoms with Gasteiger partial charge in [0.15, 0.2) is 0 Å². The number of piperidine rings is 1. The maximum absolute atomic E-state index is 6.25. The van der Waals surface area contributed by atoms with Crippen molar-refractivity contribution < 1.29 is 0 Å². The summed E-state index contributed by atoms with van der Waals surface area (Å²) in [7, 11) is 0. The molecule has 0 bridgehead atoms. The zero-order chi connectivity index (χ0) is 14.0. The first-order valence-corrected chi connectivity index (χ1v) is 8.22. The summed E-state index contributed by atoms with van der Waals surface area (Å²) in [5.74, 6) is 0.886. The van der Waals surface area contributed by atoms with Crippen LogP contribution in [-0.2, 0) is 18.5 Å². The summed E-state index contributed by atoms with van der Waals surface area (Å²) < 4.78 is 0. The van der Waals surface area contributed by atoms with Crippen LogP contribution in [0.15, 0.2) is 0 Å². The second-order valence-corrected chi connectivity index (χ2v) is 7.50. The largest absolute Gasteiger partial charge is 0.321 e. The predicted molar refractivity (Wildman–Crippen MR) is 82.4 cm³/mol. The second kappa shape index (κ2) is 5.90. The topological polar surface area (TPSA) is 42.2 Å². The van der Waals surface area contributed by atoms with Gasteiger partial charge in [0.2, 0.25) is 0 Å². The molecule has 2 heterocycles. The van der Waals surface area contributed by atoms with Crippen molar-refractivity contribution in [1.29, 1.82) is 0 Å². The van der Waals surface area contributed by atoms with Gasteiger partial charge < -0.3 is 5.73 Å². The molecule has 1 aromatic heterocycles. The van der Waals surface area contributed by atoms with Crippen LogP contribution in [0.1, 0.15) is 56.1 Å². The van der Waals surface area contributed by atoms with E-state index in [1.54, 1.807) is 0 Å². The van der Waals surface area contributed by atoms with Crippen LogP contribution in [-0.4, -0.2) is 23.0 Å². The van der Waals surface area contributed by atoms with Crippen molar-refractivity contribution in [2.75, 3.05) is 13.1 Å². The number of nitrogens with two attached hydrogens (primary N) is 1. The number of aromatic nitrogens is 1. The number of rotatable bonds is 4. The number of hydrogen-bond acceptors (Lipinski definition) is 4. The molecule has 3 nitrogen and oxygen atoms in total. The fraction of sp³-hybridized carbons (Fsp3) is 0.800. The van der Waals surface area contributed by atoms with Crippen molar-refractivity contribution in [2.45, 2.75) is 59.0 Å². The fourth-order valence-corrected chi connectivity index (χ4v) is 3.83. The van der Waals surface area contributed by atoms with Crippen LogP contribution in [0.3, 0.4) is 0 Å². The molecular weight excluding hydrogens is 254 g/mol. The zero-order valence-corrected chi connectivity index (χ0v) is 13.5. The molecule has 0 radical (unpaired) electrons. The second-order valence-electron chi connectivity index (χ2n) is 6.42. The molecule has 0 aromatic carbocycles. The first-order chi connectivity index (χ1) is 8.90. The summed E-state index contributed by atoms with van der Waals surface area (Å²) in [6.07, 6.45) is 3.62. The Kier molecular flexibility index (Phi) is 4.64. The number of aryl methyl sites for hydroxylation is 1. The number of likely N-dealkylation sites (tertiary alicyclic amines) is 1. The summed E-state index contributed by atoms with van der Waals surface area (Å²) >= 11 is 1.81. The Morgan fingerprint density at radius 2 is 2.00 bits per heavy atom. The molecule has 0 amide bonds. The van der Waals surface area contributed by atoms with Crippen molar-refractivity contribution >= 4 is 11.3 Å². The molecule has 1 aromatic rings. The average Bonchev–Trinajstić information content (AvgIpc) is 2.75. The summed E-state index contributed by atoms with van der Waals surface area (Å²) in [4.78, 5) is 8.60. The molecular formula is C15H27N3S. The number of thiazole rings is 1. The van der Waals surface area contributed by atoms with Gasteiger partial charge in [-0.1, -0.05) is 13.8 Å². The molecule has 0 aliphatic carbocycles. The highest BCUT2D eigenvalue weighted by molar-refractivity contribution is 7.11. The molecule has 2 rings (SSSR count).